The van der Waals surface area contributed by atoms with Gasteiger partial charge in [0.2, 0.25) is 0 Å². The predicted octanol–water partition coefficient (Wildman–Crippen LogP) is 3.73. The molecule has 0 radical (unpaired) electrons. The molecule has 1 aliphatic rings. The van der Waals surface area contributed by atoms with Gasteiger partial charge in [-0.15, -0.1) is 0 Å². The van der Waals surface area contributed by atoms with Crippen LogP contribution in [0.2, 0.25) is 0 Å². The van der Waals surface area contributed by atoms with Crippen LogP contribution in [0.15, 0.2) is 48.8 Å². The van der Waals surface area contributed by atoms with Gasteiger partial charge < -0.3 is 10.4 Å². The van der Waals surface area contributed by atoms with E-state index in [-0.39, 0.29) is 29.2 Å². The Kier molecular flexibility index (Phi) is 5.03. The highest BCUT2D eigenvalue weighted by Crippen LogP contribution is 2.34. The first-order valence-corrected chi connectivity index (χ1v) is 7.79. The maximum absolute atomic E-state index is 13.1. The first-order chi connectivity index (χ1) is 12.7. The van der Waals surface area contributed by atoms with Crippen molar-refractivity contribution in [2.75, 3.05) is 5.32 Å². The highest BCUT2D eigenvalue weighted by molar-refractivity contribution is 5.68. The van der Waals surface area contributed by atoms with Crippen LogP contribution in [0.3, 0.4) is 0 Å². The number of aliphatic hydroxyl groups is 1. The minimum atomic E-state index is -4.53. The lowest BCUT2D eigenvalue weighted by Gasteiger charge is -2.21. The molecule has 10 heteroatoms. The Hall–Kier alpha value is -2.72. The topological polar surface area (TPSA) is 62.1 Å². The Labute approximate surface area is 150 Å². The molecule has 2 aromatic rings. The largest absolute Gasteiger partial charge is 0.416 e. The molecule has 1 aromatic carbocycles. The van der Waals surface area contributed by atoms with Crippen LogP contribution in [-0.2, 0) is 12.7 Å². The second-order valence-electron chi connectivity index (χ2n) is 5.82. The van der Waals surface area contributed by atoms with E-state index in [1.165, 1.54) is 18.2 Å². The number of alkyl halides is 5. The summed E-state index contributed by atoms with van der Waals surface area (Å²) in [7, 11) is 0. The minimum absolute atomic E-state index is 0.0596. The molecule has 0 fully saturated rings. The number of hydrogen-bond acceptors (Lipinski definition) is 4. The van der Waals surface area contributed by atoms with E-state index in [0.29, 0.717) is 0 Å². The molecule has 1 atom stereocenters. The number of nitrogens with zero attached hydrogens (tertiary/aromatic N) is 2. The zero-order valence-electron chi connectivity index (χ0n) is 13.8. The second-order valence-corrected chi connectivity index (χ2v) is 5.82. The molecule has 0 saturated heterocycles. The molecule has 27 heavy (non-hydrogen) atoms. The molecule has 0 amide bonds. The summed E-state index contributed by atoms with van der Waals surface area (Å²) in [5.41, 5.74) is -1.03. The van der Waals surface area contributed by atoms with E-state index >= 15 is 0 Å². The molecule has 5 nitrogen and oxygen atoms in total. The lowest BCUT2D eigenvalue weighted by atomic mass is 10.1. The maximum Gasteiger partial charge on any atom is 0.416 e. The van der Waals surface area contributed by atoms with Gasteiger partial charge in [0.25, 0.3) is 6.43 Å². The number of fused-ring (bicyclic) bond motifs is 1. The Morgan fingerprint density at radius 2 is 1.96 bits per heavy atom. The fourth-order valence-corrected chi connectivity index (χ4v) is 2.73. The molecule has 0 aliphatic carbocycles. The van der Waals surface area contributed by atoms with Gasteiger partial charge in [-0.1, -0.05) is 24.8 Å². The zero-order valence-corrected chi connectivity index (χ0v) is 13.8. The monoisotopic (exact) mass is 386 g/mol. The number of hydrogen-bond donors (Lipinski definition) is 3. The van der Waals surface area contributed by atoms with Crippen LogP contribution < -0.4 is 10.6 Å². The van der Waals surface area contributed by atoms with Crippen molar-refractivity contribution >= 4 is 11.5 Å². The van der Waals surface area contributed by atoms with Gasteiger partial charge in [-0.3, -0.25) is 5.32 Å². The van der Waals surface area contributed by atoms with Gasteiger partial charge in [0.1, 0.15) is 17.7 Å². The number of aromatic nitrogens is 2. The van der Waals surface area contributed by atoms with Crippen LogP contribution in [0, 0.1) is 0 Å². The molecule has 1 unspecified atom stereocenters. The number of halogens is 5. The molecule has 1 aliphatic heterocycles. The summed E-state index contributed by atoms with van der Waals surface area (Å²) < 4.78 is 66.3. The third kappa shape index (κ3) is 3.86. The molecule has 3 N–H and O–H groups in total. The molecular weight excluding hydrogens is 371 g/mol. The van der Waals surface area contributed by atoms with Gasteiger partial charge in [0, 0.05) is 12.2 Å². The summed E-state index contributed by atoms with van der Waals surface area (Å²) in [6.45, 7) is 3.28. The highest BCUT2D eigenvalue weighted by atomic mass is 19.4. The third-order valence-corrected chi connectivity index (χ3v) is 3.97. The van der Waals surface area contributed by atoms with Gasteiger partial charge in [-0.2, -0.15) is 18.3 Å². The van der Waals surface area contributed by atoms with E-state index in [1.807, 2.05) is 0 Å². The Morgan fingerprint density at radius 3 is 2.63 bits per heavy atom. The SMILES string of the molecule is C=C1C=C(C(F)F)n2ncc(C(O)NCc3ccccc3C(F)(F)F)c2N1. The van der Waals surface area contributed by atoms with Gasteiger partial charge in [0.05, 0.1) is 17.3 Å². The van der Waals surface area contributed by atoms with Crippen LogP contribution in [0.1, 0.15) is 22.9 Å². The average molecular weight is 386 g/mol. The van der Waals surface area contributed by atoms with Crippen molar-refractivity contribution in [2.24, 2.45) is 0 Å². The van der Waals surface area contributed by atoms with Gasteiger partial charge in [-0.05, 0) is 17.7 Å². The molecule has 3 rings (SSSR count). The number of benzene rings is 1. The normalized spacial score (nSPS) is 15.4. The van der Waals surface area contributed by atoms with Crippen molar-refractivity contribution < 1.29 is 27.1 Å². The van der Waals surface area contributed by atoms with E-state index in [9.17, 15) is 27.1 Å². The average Bonchev–Trinajstić information content (AvgIpc) is 3.02. The van der Waals surface area contributed by atoms with Crippen LogP contribution in [-0.4, -0.2) is 21.3 Å². The highest BCUT2D eigenvalue weighted by Gasteiger charge is 2.33. The molecule has 0 spiro atoms. The summed E-state index contributed by atoms with van der Waals surface area (Å²) in [4.78, 5) is 0. The van der Waals surface area contributed by atoms with Crippen LogP contribution >= 0.6 is 0 Å². The van der Waals surface area contributed by atoms with E-state index in [1.54, 1.807) is 0 Å². The number of rotatable bonds is 5. The molecule has 2 heterocycles. The van der Waals surface area contributed by atoms with Crippen molar-refractivity contribution in [2.45, 2.75) is 25.4 Å². The Bertz CT molecular complexity index is 888. The van der Waals surface area contributed by atoms with Crippen molar-refractivity contribution in [3.63, 3.8) is 0 Å². The standard InChI is InChI=1S/C17H15F5N4O/c1-9-6-13(14(18)19)26-15(25-9)11(8-24-26)16(27)23-7-10-4-2-3-5-12(10)17(20,21)22/h2-6,8,14,16,23,25,27H,1,7H2. The summed E-state index contributed by atoms with van der Waals surface area (Å²) >= 11 is 0. The first kappa shape index (κ1) is 19.1. The van der Waals surface area contributed by atoms with E-state index in [4.69, 9.17) is 0 Å². The van der Waals surface area contributed by atoms with Crippen LogP contribution in [0.5, 0.6) is 0 Å². The molecule has 0 saturated carbocycles. The van der Waals surface area contributed by atoms with Crippen LogP contribution in [0.4, 0.5) is 27.8 Å². The summed E-state index contributed by atoms with van der Waals surface area (Å²) in [5.74, 6) is 0.0712. The van der Waals surface area contributed by atoms with Gasteiger partial charge in [0.15, 0.2) is 0 Å². The molecule has 1 aromatic heterocycles. The van der Waals surface area contributed by atoms with Crippen molar-refractivity contribution in [3.05, 3.63) is 65.5 Å². The Morgan fingerprint density at radius 1 is 1.26 bits per heavy atom. The third-order valence-electron chi connectivity index (χ3n) is 3.97. The summed E-state index contributed by atoms with van der Waals surface area (Å²) in [6.07, 6.45) is -6.51. The van der Waals surface area contributed by atoms with Gasteiger partial charge in [-0.25, -0.2) is 13.5 Å². The number of nitrogens with one attached hydrogen (secondary N) is 2. The van der Waals surface area contributed by atoms with E-state index in [0.717, 1.165) is 23.0 Å². The number of allylic oxidation sites excluding steroid dienone is 2. The van der Waals surface area contributed by atoms with E-state index in [2.05, 4.69) is 22.3 Å². The van der Waals surface area contributed by atoms with Gasteiger partial charge >= 0.3 is 6.18 Å². The molecule has 144 valence electrons. The molecular formula is C17H15F5N4O. The predicted molar refractivity (Wildman–Crippen MR) is 88.5 cm³/mol. The van der Waals surface area contributed by atoms with Crippen molar-refractivity contribution in [3.8, 4) is 0 Å². The summed E-state index contributed by atoms with van der Waals surface area (Å²) in [5, 5.41) is 19.4. The van der Waals surface area contributed by atoms with Crippen molar-refractivity contribution in [1.29, 1.82) is 0 Å². The Balaban J connectivity index is 1.81. The lowest BCUT2D eigenvalue weighted by molar-refractivity contribution is -0.138. The fourth-order valence-electron chi connectivity index (χ4n) is 2.73. The zero-order chi connectivity index (χ0) is 19.8. The quantitative estimate of drug-likeness (QED) is 0.541. The second kappa shape index (κ2) is 7.12. The van der Waals surface area contributed by atoms with E-state index < -0.39 is 30.1 Å². The number of anilines is 1. The maximum atomic E-state index is 13.1. The summed E-state index contributed by atoms with van der Waals surface area (Å²) in [6, 6.07) is 4.94. The lowest BCUT2D eigenvalue weighted by Crippen LogP contribution is -2.24. The minimum Gasteiger partial charge on any atom is -0.374 e. The first-order valence-electron chi connectivity index (χ1n) is 7.79. The smallest absolute Gasteiger partial charge is 0.374 e. The van der Waals surface area contributed by atoms with Crippen molar-refractivity contribution in [1.82, 2.24) is 15.1 Å². The van der Waals surface area contributed by atoms with Crippen LogP contribution in [0.25, 0.3) is 5.70 Å². The fraction of sp³-hybridized carbons (Fsp3) is 0.235. The number of aliphatic hydroxyl groups excluding tert-OH is 1. The molecule has 0 bridgehead atoms.